The molecule has 0 amide bonds. The summed E-state index contributed by atoms with van der Waals surface area (Å²) in [6, 6.07) is 6.91. The third-order valence-electron chi connectivity index (χ3n) is 3.36. The number of carbonyl (C=O) groups is 1. The number of Topliss-reactive ketones (excluding diaryl/α,β-unsaturated/α-hetero) is 1. The molecule has 1 aliphatic rings. The Morgan fingerprint density at radius 3 is 2.79 bits per heavy atom. The first-order valence-corrected chi connectivity index (χ1v) is 8.51. The van der Waals surface area contributed by atoms with Crippen LogP contribution in [-0.2, 0) is 0 Å². The van der Waals surface area contributed by atoms with Gasteiger partial charge in [0.25, 0.3) is 0 Å². The van der Waals surface area contributed by atoms with Crippen LogP contribution in [0.15, 0.2) is 41.8 Å². The van der Waals surface area contributed by atoms with Gasteiger partial charge >= 0.3 is 0 Å². The number of carbonyl (C=O) groups excluding carboxylic acids is 1. The fourth-order valence-electron chi connectivity index (χ4n) is 2.28. The molecular weight excluding hydrogens is 326 g/mol. The SMILES string of the molecule is CSc1nccc(C(=CN(C)C)C(=O)c2ccc3c(c2)OCO3)n1. The molecule has 0 saturated carbocycles. The topological polar surface area (TPSA) is 64.6 Å². The van der Waals surface area contributed by atoms with Crippen LogP contribution in [0.25, 0.3) is 5.57 Å². The van der Waals surface area contributed by atoms with Crippen molar-refractivity contribution in [3.63, 3.8) is 0 Å². The van der Waals surface area contributed by atoms with Gasteiger partial charge in [-0.3, -0.25) is 4.79 Å². The molecule has 7 heteroatoms. The van der Waals surface area contributed by atoms with E-state index in [0.717, 1.165) is 0 Å². The molecule has 0 radical (unpaired) electrons. The van der Waals surface area contributed by atoms with Crippen LogP contribution in [0.2, 0.25) is 0 Å². The number of aromatic nitrogens is 2. The Kier molecular flexibility index (Phi) is 4.71. The van der Waals surface area contributed by atoms with Crippen molar-refractivity contribution in [1.29, 1.82) is 0 Å². The van der Waals surface area contributed by atoms with Gasteiger partial charge in [0.15, 0.2) is 22.4 Å². The summed E-state index contributed by atoms with van der Waals surface area (Å²) in [5, 5.41) is 0.621. The highest BCUT2D eigenvalue weighted by atomic mass is 32.2. The van der Waals surface area contributed by atoms with E-state index in [4.69, 9.17) is 9.47 Å². The molecule has 0 bridgehead atoms. The molecule has 124 valence electrons. The Bertz CT molecular complexity index is 805. The summed E-state index contributed by atoms with van der Waals surface area (Å²) in [6.45, 7) is 0.177. The maximum atomic E-state index is 13.0. The minimum Gasteiger partial charge on any atom is -0.454 e. The molecule has 0 unspecified atom stereocenters. The molecule has 0 saturated heterocycles. The van der Waals surface area contributed by atoms with E-state index in [-0.39, 0.29) is 12.6 Å². The van der Waals surface area contributed by atoms with Gasteiger partial charge in [0.05, 0.1) is 11.3 Å². The van der Waals surface area contributed by atoms with Crippen molar-refractivity contribution in [1.82, 2.24) is 14.9 Å². The first-order chi connectivity index (χ1) is 11.6. The number of ether oxygens (including phenoxy) is 2. The summed E-state index contributed by atoms with van der Waals surface area (Å²) in [6.07, 6.45) is 5.32. The van der Waals surface area contributed by atoms with Crippen LogP contribution in [0.1, 0.15) is 16.1 Å². The van der Waals surface area contributed by atoms with Crippen molar-refractivity contribution in [3.8, 4) is 11.5 Å². The van der Waals surface area contributed by atoms with E-state index in [2.05, 4.69) is 9.97 Å². The largest absolute Gasteiger partial charge is 0.454 e. The first kappa shape index (κ1) is 16.3. The zero-order valence-electron chi connectivity index (χ0n) is 13.6. The molecule has 6 nitrogen and oxygen atoms in total. The minimum atomic E-state index is -0.132. The second kappa shape index (κ2) is 6.92. The summed E-state index contributed by atoms with van der Waals surface area (Å²) in [5.41, 5.74) is 1.61. The number of rotatable bonds is 5. The Morgan fingerprint density at radius 2 is 2.04 bits per heavy atom. The maximum Gasteiger partial charge on any atom is 0.231 e. The van der Waals surface area contributed by atoms with Gasteiger partial charge in [0, 0.05) is 32.1 Å². The van der Waals surface area contributed by atoms with Crippen LogP contribution in [0.5, 0.6) is 11.5 Å². The lowest BCUT2D eigenvalue weighted by atomic mass is 10.0. The highest BCUT2D eigenvalue weighted by Crippen LogP contribution is 2.33. The van der Waals surface area contributed by atoms with Gasteiger partial charge in [-0.2, -0.15) is 0 Å². The number of benzene rings is 1. The zero-order chi connectivity index (χ0) is 17.1. The fourth-order valence-corrected chi connectivity index (χ4v) is 2.64. The van der Waals surface area contributed by atoms with E-state index in [9.17, 15) is 4.79 Å². The molecular formula is C17H17N3O3S. The molecule has 0 N–H and O–H groups in total. The number of thioether (sulfide) groups is 1. The van der Waals surface area contributed by atoms with Crippen molar-refractivity contribution >= 4 is 23.1 Å². The lowest BCUT2D eigenvalue weighted by molar-refractivity contribution is 0.105. The van der Waals surface area contributed by atoms with Crippen molar-refractivity contribution in [2.24, 2.45) is 0 Å². The average molecular weight is 343 g/mol. The van der Waals surface area contributed by atoms with Gasteiger partial charge in [-0.05, 0) is 30.5 Å². The van der Waals surface area contributed by atoms with Crippen molar-refractivity contribution in [2.45, 2.75) is 5.16 Å². The summed E-state index contributed by atoms with van der Waals surface area (Å²) >= 11 is 1.43. The summed E-state index contributed by atoms with van der Waals surface area (Å²) < 4.78 is 10.7. The van der Waals surface area contributed by atoms with Crippen LogP contribution in [0.3, 0.4) is 0 Å². The molecule has 1 aliphatic heterocycles. The van der Waals surface area contributed by atoms with Gasteiger partial charge in [-0.25, -0.2) is 9.97 Å². The van der Waals surface area contributed by atoms with Gasteiger partial charge in [0.1, 0.15) is 0 Å². The monoisotopic (exact) mass is 343 g/mol. The molecule has 1 aromatic carbocycles. The van der Waals surface area contributed by atoms with Crippen LogP contribution >= 0.6 is 11.8 Å². The van der Waals surface area contributed by atoms with E-state index in [1.807, 2.05) is 25.3 Å². The molecule has 0 fully saturated rings. The first-order valence-electron chi connectivity index (χ1n) is 7.28. The summed E-state index contributed by atoms with van der Waals surface area (Å²) in [5.74, 6) is 1.10. The number of fused-ring (bicyclic) bond motifs is 1. The lowest BCUT2D eigenvalue weighted by Crippen LogP contribution is -2.11. The number of hydrogen-bond acceptors (Lipinski definition) is 7. The molecule has 0 spiro atoms. The van der Waals surface area contributed by atoms with Crippen molar-refractivity contribution < 1.29 is 14.3 Å². The van der Waals surface area contributed by atoms with E-state index in [0.29, 0.717) is 33.5 Å². The highest BCUT2D eigenvalue weighted by molar-refractivity contribution is 7.98. The molecule has 2 aromatic rings. The summed E-state index contributed by atoms with van der Waals surface area (Å²) in [7, 11) is 3.73. The lowest BCUT2D eigenvalue weighted by Gasteiger charge is -2.12. The third-order valence-corrected chi connectivity index (χ3v) is 3.92. The van der Waals surface area contributed by atoms with E-state index in [1.54, 1.807) is 36.7 Å². The predicted octanol–water partition coefficient (Wildman–Crippen LogP) is 2.71. The normalized spacial score (nSPS) is 13.0. The molecule has 24 heavy (non-hydrogen) atoms. The van der Waals surface area contributed by atoms with Crippen LogP contribution in [-0.4, -0.2) is 47.8 Å². The van der Waals surface area contributed by atoms with Crippen LogP contribution < -0.4 is 9.47 Å². The van der Waals surface area contributed by atoms with E-state index in [1.165, 1.54) is 11.8 Å². The standard InChI is InChI=1S/C17H17N3O3S/c1-20(2)9-12(13-6-7-18-17(19-13)24-3)16(21)11-4-5-14-15(8-11)23-10-22-14/h4-9H,10H2,1-3H3. The predicted molar refractivity (Wildman–Crippen MR) is 92.4 cm³/mol. The maximum absolute atomic E-state index is 13.0. The summed E-state index contributed by atoms with van der Waals surface area (Å²) in [4.78, 5) is 23.4. The van der Waals surface area contributed by atoms with Crippen LogP contribution in [0, 0.1) is 0 Å². The Morgan fingerprint density at radius 1 is 1.25 bits per heavy atom. The molecule has 0 aliphatic carbocycles. The Labute approximate surface area is 144 Å². The quantitative estimate of drug-likeness (QED) is 0.358. The number of hydrogen-bond donors (Lipinski definition) is 0. The van der Waals surface area contributed by atoms with Gasteiger partial charge < -0.3 is 14.4 Å². The smallest absolute Gasteiger partial charge is 0.231 e. The molecule has 2 heterocycles. The molecule has 3 rings (SSSR count). The second-order valence-corrected chi connectivity index (χ2v) is 6.11. The van der Waals surface area contributed by atoms with Gasteiger partial charge in [0.2, 0.25) is 6.79 Å². The van der Waals surface area contributed by atoms with E-state index >= 15 is 0 Å². The molecule has 0 atom stereocenters. The number of allylic oxidation sites excluding steroid dienone is 1. The fraction of sp³-hybridized carbons (Fsp3) is 0.235. The van der Waals surface area contributed by atoms with Gasteiger partial charge in [-0.1, -0.05) is 11.8 Å². The third kappa shape index (κ3) is 3.35. The van der Waals surface area contributed by atoms with Crippen molar-refractivity contribution in [2.75, 3.05) is 27.1 Å². The molecule has 1 aromatic heterocycles. The Hall–Kier alpha value is -2.54. The highest BCUT2D eigenvalue weighted by Gasteiger charge is 2.21. The Balaban J connectivity index is 2.01. The average Bonchev–Trinajstić information content (AvgIpc) is 3.06. The van der Waals surface area contributed by atoms with E-state index < -0.39 is 0 Å². The second-order valence-electron chi connectivity index (χ2n) is 5.33. The minimum absolute atomic E-state index is 0.132. The number of ketones is 1. The van der Waals surface area contributed by atoms with Crippen molar-refractivity contribution in [3.05, 3.63) is 47.9 Å². The van der Waals surface area contributed by atoms with Crippen LogP contribution in [0.4, 0.5) is 0 Å². The van der Waals surface area contributed by atoms with Gasteiger partial charge in [-0.15, -0.1) is 0 Å². The number of nitrogens with zero attached hydrogens (tertiary/aromatic N) is 3. The zero-order valence-corrected chi connectivity index (χ0v) is 14.5.